The minimum atomic E-state index is 0.820. The highest BCUT2D eigenvalue weighted by atomic mass is 32.1. The lowest BCUT2D eigenvalue weighted by Crippen LogP contribution is -2.37. The number of benzene rings is 1. The molecule has 3 N–H and O–H groups in total. The van der Waals surface area contributed by atoms with Gasteiger partial charge in [-0.1, -0.05) is 18.2 Å². The van der Waals surface area contributed by atoms with E-state index in [9.17, 15) is 0 Å². The quantitative estimate of drug-likeness (QED) is 0.363. The highest BCUT2D eigenvalue weighted by Crippen LogP contribution is 2.18. The topological polar surface area (TPSA) is 52.2 Å². The van der Waals surface area contributed by atoms with E-state index >= 15 is 0 Å². The Morgan fingerprint density at radius 2 is 2.04 bits per heavy atom. The molecule has 0 bridgehead atoms. The zero-order valence-corrected chi connectivity index (χ0v) is 15.0. The van der Waals surface area contributed by atoms with Crippen molar-refractivity contribution < 1.29 is 0 Å². The molecule has 0 aliphatic rings. The minimum absolute atomic E-state index is 0.820. The number of aromatic nitrogens is 1. The number of nitrogens with one attached hydrogen (secondary N) is 3. The molecule has 5 heteroatoms. The zero-order chi connectivity index (χ0) is 16.8. The number of hydrogen-bond acceptors (Lipinski definition) is 2. The van der Waals surface area contributed by atoms with Gasteiger partial charge in [0.05, 0.1) is 6.54 Å². The Kier molecular flexibility index (Phi) is 5.54. The van der Waals surface area contributed by atoms with Gasteiger partial charge in [0.25, 0.3) is 0 Å². The van der Waals surface area contributed by atoms with E-state index in [1.54, 1.807) is 0 Å². The monoisotopic (exact) mass is 340 g/mol. The number of nitrogens with zero attached hydrogens (tertiary/aromatic N) is 1. The Labute approximate surface area is 147 Å². The third-order valence-electron chi connectivity index (χ3n) is 4.04. The Morgan fingerprint density at radius 1 is 1.17 bits per heavy atom. The summed E-state index contributed by atoms with van der Waals surface area (Å²) >= 11 is 1.82. The lowest BCUT2D eigenvalue weighted by molar-refractivity contribution is 0.746. The van der Waals surface area contributed by atoms with Crippen molar-refractivity contribution in [3.05, 3.63) is 57.9 Å². The van der Waals surface area contributed by atoms with Gasteiger partial charge in [-0.25, -0.2) is 0 Å². The van der Waals surface area contributed by atoms with Crippen LogP contribution in [0.15, 0.2) is 47.6 Å². The van der Waals surface area contributed by atoms with Gasteiger partial charge in [-0.05, 0) is 43.5 Å². The maximum atomic E-state index is 4.29. The second kappa shape index (κ2) is 8.02. The average Bonchev–Trinajstić information content (AvgIpc) is 3.20. The first kappa shape index (κ1) is 16.6. The SMILES string of the molecule is CN=C(NCCCc1c[nH]c2ccccc12)NCc1ccc(C)s1. The molecule has 0 aliphatic carbocycles. The minimum Gasteiger partial charge on any atom is -0.361 e. The first-order valence-electron chi connectivity index (χ1n) is 8.31. The molecule has 0 atom stereocenters. The van der Waals surface area contributed by atoms with Crippen LogP contribution >= 0.6 is 11.3 Å². The summed E-state index contributed by atoms with van der Waals surface area (Å²) in [6.45, 7) is 3.86. The number of guanidine groups is 1. The fourth-order valence-electron chi connectivity index (χ4n) is 2.80. The summed E-state index contributed by atoms with van der Waals surface area (Å²) in [7, 11) is 1.81. The summed E-state index contributed by atoms with van der Waals surface area (Å²) in [6.07, 6.45) is 4.25. The first-order chi connectivity index (χ1) is 11.8. The number of H-pyrrole nitrogens is 1. The van der Waals surface area contributed by atoms with E-state index in [1.807, 2.05) is 18.4 Å². The molecule has 126 valence electrons. The molecule has 0 amide bonds. The number of aryl methyl sites for hydroxylation is 2. The fraction of sp³-hybridized carbons (Fsp3) is 0.316. The van der Waals surface area contributed by atoms with E-state index in [0.717, 1.165) is 31.9 Å². The van der Waals surface area contributed by atoms with Crippen LogP contribution in [0.25, 0.3) is 10.9 Å². The van der Waals surface area contributed by atoms with Crippen LogP contribution in [-0.4, -0.2) is 24.5 Å². The van der Waals surface area contributed by atoms with Crippen molar-refractivity contribution in [2.75, 3.05) is 13.6 Å². The molecule has 0 fully saturated rings. The van der Waals surface area contributed by atoms with E-state index in [-0.39, 0.29) is 0 Å². The smallest absolute Gasteiger partial charge is 0.191 e. The van der Waals surface area contributed by atoms with E-state index in [4.69, 9.17) is 0 Å². The number of aromatic amines is 1. The van der Waals surface area contributed by atoms with Crippen LogP contribution in [0.1, 0.15) is 21.7 Å². The van der Waals surface area contributed by atoms with Gasteiger partial charge in [0.2, 0.25) is 0 Å². The van der Waals surface area contributed by atoms with Crippen LogP contribution in [0.5, 0.6) is 0 Å². The predicted octanol–water partition coefficient (Wildman–Crippen LogP) is 3.84. The number of thiophene rings is 1. The highest BCUT2D eigenvalue weighted by molar-refractivity contribution is 7.11. The molecule has 1 aromatic carbocycles. The van der Waals surface area contributed by atoms with Gasteiger partial charge >= 0.3 is 0 Å². The number of fused-ring (bicyclic) bond motifs is 1. The molecule has 4 nitrogen and oxygen atoms in total. The van der Waals surface area contributed by atoms with Crippen molar-refractivity contribution in [3.63, 3.8) is 0 Å². The standard InChI is InChI=1S/C19H24N4S/c1-14-9-10-16(24-14)13-23-19(20-2)21-11-5-6-15-12-22-18-8-4-3-7-17(15)18/h3-4,7-10,12,22H,5-6,11,13H2,1-2H3,(H2,20,21,23). The van der Waals surface area contributed by atoms with E-state index in [1.165, 1.54) is 26.2 Å². The van der Waals surface area contributed by atoms with Gasteiger partial charge in [0, 0.05) is 40.4 Å². The van der Waals surface area contributed by atoms with Gasteiger partial charge < -0.3 is 15.6 Å². The lowest BCUT2D eigenvalue weighted by Gasteiger charge is -2.11. The Morgan fingerprint density at radius 3 is 2.83 bits per heavy atom. The van der Waals surface area contributed by atoms with Crippen molar-refractivity contribution in [1.29, 1.82) is 0 Å². The number of para-hydroxylation sites is 1. The molecule has 0 saturated carbocycles. The third-order valence-corrected chi connectivity index (χ3v) is 5.04. The van der Waals surface area contributed by atoms with E-state index < -0.39 is 0 Å². The molecular weight excluding hydrogens is 316 g/mol. The van der Waals surface area contributed by atoms with E-state index in [0.29, 0.717) is 0 Å². The summed E-state index contributed by atoms with van der Waals surface area (Å²) < 4.78 is 0. The summed E-state index contributed by atoms with van der Waals surface area (Å²) in [6, 6.07) is 12.8. The van der Waals surface area contributed by atoms with Crippen molar-refractivity contribution in [3.8, 4) is 0 Å². The second-order valence-electron chi connectivity index (χ2n) is 5.83. The van der Waals surface area contributed by atoms with Crippen molar-refractivity contribution in [2.24, 2.45) is 4.99 Å². The molecule has 0 radical (unpaired) electrons. The largest absolute Gasteiger partial charge is 0.361 e. The molecule has 0 saturated heterocycles. The first-order valence-corrected chi connectivity index (χ1v) is 9.13. The number of rotatable bonds is 6. The third kappa shape index (κ3) is 4.17. The molecule has 3 aromatic rings. The summed E-state index contributed by atoms with van der Waals surface area (Å²) in [5.74, 6) is 0.861. The fourth-order valence-corrected chi connectivity index (χ4v) is 3.63. The highest BCUT2D eigenvalue weighted by Gasteiger charge is 2.03. The van der Waals surface area contributed by atoms with E-state index in [2.05, 4.69) is 70.1 Å². The Bertz CT molecular complexity index is 816. The maximum absolute atomic E-state index is 4.29. The van der Waals surface area contributed by atoms with Gasteiger partial charge in [-0.3, -0.25) is 4.99 Å². The predicted molar refractivity (Wildman–Crippen MR) is 104 cm³/mol. The van der Waals surface area contributed by atoms with Crippen molar-refractivity contribution in [2.45, 2.75) is 26.3 Å². The lowest BCUT2D eigenvalue weighted by atomic mass is 10.1. The Hall–Kier alpha value is -2.27. The summed E-state index contributed by atoms with van der Waals surface area (Å²) in [5.41, 5.74) is 2.59. The van der Waals surface area contributed by atoms with Crippen LogP contribution in [0.4, 0.5) is 0 Å². The van der Waals surface area contributed by atoms with Crippen LogP contribution in [-0.2, 0) is 13.0 Å². The van der Waals surface area contributed by atoms with Crippen LogP contribution < -0.4 is 10.6 Å². The number of aliphatic imine (C=N–C) groups is 1. The summed E-state index contributed by atoms with van der Waals surface area (Å²) in [5, 5.41) is 8.08. The maximum Gasteiger partial charge on any atom is 0.191 e. The van der Waals surface area contributed by atoms with Gasteiger partial charge in [-0.15, -0.1) is 11.3 Å². The van der Waals surface area contributed by atoms with Gasteiger partial charge in [0.15, 0.2) is 5.96 Å². The molecule has 0 aliphatic heterocycles. The molecule has 2 aromatic heterocycles. The Balaban J connectivity index is 1.43. The molecule has 0 unspecified atom stereocenters. The normalized spacial score (nSPS) is 11.8. The van der Waals surface area contributed by atoms with Gasteiger partial charge in [-0.2, -0.15) is 0 Å². The number of hydrogen-bond donors (Lipinski definition) is 3. The van der Waals surface area contributed by atoms with Crippen molar-refractivity contribution >= 4 is 28.2 Å². The molecule has 24 heavy (non-hydrogen) atoms. The molecule has 0 spiro atoms. The van der Waals surface area contributed by atoms with Crippen LogP contribution in [0, 0.1) is 6.92 Å². The van der Waals surface area contributed by atoms with Crippen LogP contribution in [0.2, 0.25) is 0 Å². The molecule has 3 rings (SSSR count). The zero-order valence-electron chi connectivity index (χ0n) is 14.2. The van der Waals surface area contributed by atoms with Crippen LogP contribution in [0.3, 0.4) is 0 Å². The average molecular weight is 340 g/mol. The molecular formula is C19H24N4S. The molecule has 2 heterocycles. The van der Waals surface area contributed by atoms with Crippen molar-refractivity contribution in [1.82, 2.24) is 15.6 Å². The summed E-state index contributed by atoms with van der Waals surface area (Å²) in [4.78, 5) is 10.3. The second-order valence-corrected chi connectivity index (χ2v) is 7.20. The van der Waals surface area contributed by atoms with Gasteiger partial charge in [0.1, 0.15) is 0 Å².